The summed E-state index contributed by atoms with van der Waals surface area (Å²) in [7, 11) is 2.65. The molecule has 0 radical (unpaired) electrons. The van der Waals surface area contributed by atoms with Gasteiger partial charge in [-0.2, -0.15) is 0 Å². The van der Waals surface area contributed by atoms with Crippen molar-refractivity contribution in [2.45, 2.75) is 12.8 Å². The largest absolute Gasteiger partial charge is 0.469 e. The van der Waals surface area contributed by atoms with Crippen LogP contribution >= 0.6 is 11.6 Å². The number of rotatable bonds is 2. The summed E-state index contributed by atoms with van der Waals surface area (Å²) in [5, 5.41) is 0.624. The van der Waals surface area contributed by atoms with E-state index in [2.05, 4.69) is 0 Å². The number of methoxy groups -OCH3 is 2. The number of hydrogen-bond donors (Lipinski definition) is 0. The van der Waals surface area contributed by atoms with Crippen LogP contribution in [-0.4, -0.2) is 26.2 Å². The molecule has 1 aromatic carbocycles. The molecule has 2 atom stereocenters. The lowest BCUT2D eigenvalue weighted by Crippen LogP contribution is -2.37. The van der Waals surface area contributed by atoms with Gasteiger partial charge < -0.3 is 9.47 Å². The quantitative estimate of drug-likeness (QED) is 0.779. The summed E-state index contributed by atoms with van der Waals surface area (Å²) in [6.07, 6.45) is 0.918. The van der Waals surface area contributed by atoms with Crippen LogP contribution in [0.1, 0.15) is 11.1 Å². The predicted molar refractivity (Wildman–Crippen MR) is 69.9 cm³/mol. The van der Waals surface area contributed by atoms with Crippen molar-refractivity contribution >= 4 is 23.5 Å². The third-order valence-electron chi connectivity index (χ3n) is 3.54. The monoisotopic (exact) mass is 282 g/mol. The maximum Gasteiger partial charge on any atom is 0.309 e. The van der Waals surface area contributed by atoms with Crippen molar-refractivity contribution in [3.63, 3.8) is 0 Å². The van der Waals surface area contributed by atoms with Gasteiger partial charge in [0.1, 0.15) is 0 Å². The van der Waals surface area contributed by atoms with Crippen molar-refractivity contribution in [2.75, 3.05) is 14.2 Å². The first kappa shape index (κ1) is 13.9. The van der Waals surface area contributed by atoms with Crippen molar-refractivity contribution in [3.8, 4) is 0 Å². The zero-order valence-electron chi connectivity index (χ0n) is 10.8. The van der Waals surface area contributed by atoms with Gasteiger partial charge in [-0.15, -0.1) is 0 Å². The van der Waals surface area contributed by atoms with Crippen LogP contribution in [0.3, 0.4) is 0 Å². The fourth-order valence-electron chi connectivity index (χ4n) is 2.54. The normalized spacial score (nSPS) is 21.4. The van der Waals surface area contributed by atoms with Crippen molar-refractivity contribution in [1.82, 2.24) is 0 Å². The Morgan fingerprint density at radius 3 is 2.11 bits per heavy atom. The van der Waals surface area contributed by atoms with Crippen LogP contribution in [0.15, 0.2) is 18.2 Å². The minimum Gasteiger partial charge on any atom is -0.469 e. The Kier molecular flexibility index (Phi) is 4.10. The summed E-state index contributed by atoms with van der Waals surface area (Å²) in [5.74, 6) is -1.77. The van der Waals surface area contributed by atoms with Gasteiger partial charge in [-0.25, -0.2) is 0 Å². The average Bonchev–Trinajstić information content (AvgIpc) is 2.44. The van der Waals surface area contributed by atoms with Crippen LogP contribution in [0.2, 0.25) is 5.02 Å². The minimum absolute atomic E-state index is 0.379. The molecular formula is C14H15ClO4. The molecule has 0 aliphatic heterocycles. The van der Waals surface area contributed by atoms with Gasteiger partial charge in [0.15, 0.2) is 0 Å². The van der Waals surface area contributed by atoms with E-state index in [1.54, 1.807) is 6.07 Å². The van der Waals surface area contributed by atoms with E-state index in [-0.39, 0.29) is 11.9 Å². The Hall–Kier alpha value is -1.55. The van der Waals surface area contributed by atoms with Gasteiger partial charge in [0.2, 0.25) is 0 Å². The summed E-state index contributed by atoms with van der Waals surface area (Å²) in [4.78, 5) is 23.6. The van der Waals surface area contributed by atoms with Gasteiger partial charge in [0, 0.05) is 5.02 Å². The number of carbonyl (C=O) groups is 2. The maximum atomic E-state index is 11.8. The highest BCUT2D eigenvalue weighted by Crippen LogP contribution is 2.33. The molecule has 1 aliphatic carbocycles. The second-order valence-electron chi connectivity index (χ2n) is 4.58. The van der Waals surface area contributed by atoms with E-state index >= 15 is 0 Å². The third-order valence-corrected chi connectivity index (χ3v) is 3.78. The smallest absolute Gasteiger partial charge is 0.309 e. The van der Waals surface area contributed by atoms with E-state index in [0.29, 0.717) is 17.9 Å². The number of esters is 2. The molecule has 102 valence electrons. The molecule has 19 heavy (non-hydrogen) atoms. The molecule has 2 rings (SSSR count). The van der Waals surface area contributed by atoms with Gasteiger partial charge in [-0.05, 0) is 36.1 Å². The van der Waals surface area contributed by atoms with Crippen LogP contribution in [0, 0.1) is 11.8 Å². The fraction of sp³-hybridized carbons (Fsp3) is 0.429. The molecule has 0 N–H and O–H groups in total. The van der Waals surface area contributed by atoms with E-state index in [9.17, 15) is 9.59 Å². The number of carbonyl (C=O) groups excluding carboxylic acids is 2. The maximum absolute atomic E-state index is 11.8. The topological polar surface area (TPSA) is 52.6 Å². The van der Waals surface area contributed by atoms with Gasteiger partial charge in [0.05, 0.1) is 26.1 Å². The first-order chi connectivity index (χ1) is 9.06. The van der Waals surface area contributed by atoms with Crippen LogP contribution in [0.25, 0.3) is 0 Å². The molecule has 0 saturated heterocycles. The average molecular weight is 283 g/mol. The standard InChI is InChI=1S/C14H15ClO4/c1-18-13(16)11-6-8-3-4-10(15)5-9(8)7-12(11)14(17)19-2/h3-5,11-12H,6-7H2,1-2H3/t11-,12-/m0/s1. The molecule has 0 fully saturated rings. The SMILES string of the molecule is COC(=O)[C@H]1Cc2ccc(Cl)cc2C[C@@H]1C(=O)OC. The van der Waals surface area contributed by atoms with Crippen LogP contribution in [0.4, 0.5) is 0 Å². The van der Waals surface area contributed by atoms with Crippen LogP contribution in [-0.2, 0) is 31.9 Å². The molecule has 1 aliphatic rings. The molecule has 4 nitrogen and oxygen atoms in total. The lowest BCUT2D eigenvalue weighted by atomic mass is 9.76. The summed E-state index contributed by atoms with van der Waals surface area (Å²) >= 11 is 5.96. The summed E-state index contributed by atoms with van der Waals surface area (Å²) in [6.45, 7) is 0. The highest BCUT2D eigenvalue weighted by Gasteiger charge is 2.39. The zero-order valence-corrected chi connectivity index (χ0v) is 11.6. The first-order valence-electron chi connectivity index (χ1n) is 5.99. The Labute approximate surface area is 116 Å². The van der Waals surface area contributed by atoms with Gasteiger partial charge in [-0.3, -0.25) is 9.59 Å². The predicted octanol–water partition coefficient (Wildman–Crippen LogP) is 2.02. The molecule has 0 saturated carbocycles. The molecule has 1 aromatic rings. The molecule has 0 unspecified atom stereocenters. The van der Waals surface area contributed by atoms with Gasteiger partial charge >= 0.3 is 11.9 Å². The number of fused-ring (bicyclic) bond motifs is 1. The Morgan fingerprint density at radius 2 is 1.58 bits per heavy atom. The van der Waals surface area contributed by atoms with Crippen molar-refractivity contribution in [3.05, 3.63) is 34.3 Å². The van der Waals surface area contributed by atoms with Gasteiger partial charge in [-0.1, -0.05) is 17.7 Å². The molecule has 0 spiro atoms. The lowest BCUT2D eigenvalue weighted by molar-refractivity contribution is -0.158. The lowest BCUT2D eigenvalue weighted by Gasteiger charge is -2.29. The molecule has 0 heterocycles. The third kappa shape index (κ3) is 2.73. The van der Waals surface area contributed by atoms with Crippen LogP contribution < -0.4 is 0 Å². The minimum atomic E-state index is -0.511. The summed E-state index contributed by atoms with van der Waals surface area (Å²) < 4.78 is 9.56. The summed E-state index contributed by atoms with van der Waals surface area (Å²) in [5.41, 5.74) is 2.02. The van der Waals surface area contributed by atoms with Gasteiger partial charge in [0.25, 0.3) is 0 Å². The number of benzene rings is 1. The van der Waals surface area contributed by atoms with Crippen molar-refractivity contribution in [1.29, 1.82) is 0 Å². The Morgan fingerprint density at radius 1 is 1.05 bits per heavy atom. The van der Waals surface area contributed by atoms with Crippen molar-refractivity contribution in [2.24, 2.45) is 11.8 Å². The second-order valence-corrected chi connectivity index (χ2v) is 5.02. The Bertz CT molecular complexity index is 512. The number of ether oxygens (including phenoxy) is 2. The zero-order chi connectivity index (χ0) is 14.0. The first-order valence-corrected chi connectivity index (χ1v) is 6.37. The molecule has 0 bridgehead atoms. The van der Waals surface area contributed by atoms with E-state index in [0.717, 1.165) is 11.1 Å². The Balaban J connectivity index is 2.36. The molecular weight excluding hydrogens is 268 g/mol. The second kappa shape index (κ2) is 5.61. The molecule has 5 heteroatoms. The van der Waals surface area contributed by atoms with E-state index in [1.165, 1.54) is 14.2 Å². The molecule has 0 aromatic heterocycles. The number of hydrogen-bond acceptors (Lipinski definition) is 4. The van der Waals surface area contributed by atoms with E-state index in [1.807, 2.05) is 12.1 Å². The highest BCUT2D eigenvalue weighted by molar-refractivity contribution is 6.30. The van der Waals surface area contributed by atoms with E-state index in [4.69, 9.17) is 21.1 Å². The highest BCUT2D eigenvalue weighted by atomic mass is 35.5. The summed E-state index contributed by atoms with van der Waals surface area (Å²) in [6, 6.07) is 5.51. The molecule has 0 amide bonds. The van der Waals surface area contributed by atoms with E-state index < -0.39 is 11.8 Å². The fourth-order valence-corrected chi connectivity index (χ4v) is 2.73. The van der Waals surface area contributed by atoms with Crippen LogP contribution in [0.5, 0.6) is 0 Å². The number of halogens is 1. The van der Waals surface area contributed by atoms with Crippen molar-refractivity contribution < 1.29 is 19.1 Å².